The van der Waals surface area contributed by atoms with Crippen molar-refractivity contribution in [2.75, 3.05) is 25.1 Å². The maximum absolute atomic E-state index is 13.1. The highest BCUT2D eigenvalue weighted by molar-refractivity contribution is 5.37. The Bertz CT molecular complexity index is 827. The second kappa shape index (κ2) is 7.54. The van der Waals surface area contributed by atoms with E-state index in [9.17, 15) is 13.2 Å². The molecule has 2 fully saturated rings. The Hall–Kier alpha value is -2.42. The molecule has 1 unspecified atom stereocenters. The molecule has 0 amide bonds. The van der Waals surface area contributed by atoms with Gasteiger partial charge in [0.05, 0.1) is 7.11 Å². The molecule has 9 heteroatoms. The predicted octanol–water partition coefficient (Wildman–Crippen LogP) is 3.14. The zero-order chi connectivity index (χ0) is 19.7. The highest BCUT2D eigenvalue weighted by atomic mass is 19.4. The minimum absolute atomic E-state index is 0.111. The average Bonchev–Trinajstić information content (AvgIpc) is 3.41. The third-order valence-electron chi connectivity index (χ3n) is 5.16. The smallest absolute Gasteiger partial charge is 0.433 e. The molecule has 1 atom stereocenters. The van der Waals surface area contributed by atoms with Gasteiger partial charge in [0, 0.05) is 50.2 Å². The van der Waals surface area contributed by atoms with Crippen molar-refractivity contribution < 1.29 is 17.9 Å². The van der Waals surface area contributed by atoms with Crippen molar-refractivity contribution >= 4 is 5.95 Å². The second-order valence-corrected chi connectivity index (χ2v) is 7.26. The van der Waals surface area contributed by atoms with Crippen LogP contribution in [0.2, 0.25) is 0 Å². The number of rotatable bonds is 6. The summed E-state index contributed by atoms with van der Waals surface area (Å²) < 4.78 is 44.3. The number of hydrogen-bond donors (Lipinski definition) is 0. The third-order valence-corrected chi connectivity index (χ3v) is 5.16. The molecule has 0 N–H and O–H groups in total. The van der Waals surface area contributed by atoms with E-state index in [2.05, 4.69) is 19.9 Å². The SMILES string of the molecule is COc1cc(CN2CCC(N(c3nccc(C(F)(F)F)n3)C3CC3)C2)ccn1. The highest BCUT2D eigenvalue weighted by Crippen LogP contribution is 2.36. The van der Waals surface area contributed by atoms with E-state index in [-0.39, 0.29) is 18.0 Å². The van der Waals surface area contributed by atoms with E-state index in [1.165, 1.54) is 6.20 Å². The summed E-state index contributed by atoms with van der Waals surface area (Å²) in [4.78, 5) is 16.4. The molecular formula is C19H22F3N5O. The zero-order valence-corrected chi connectivity index (χ0v) is 15.6. The summed E-state index contributed by atoms with van der Waals surface area (Å²) in [5, 5.41) is 0. The summed E-state index contributed by atoms with van der Waals surface area (Å²) in [7, 11) is 1.58. The molecule has 1 saturated carbocycles. The maximum atomic E-state index is 13.1. The van der Waals surface area contributed by atoms with E-state index in [1.807, 2.05) is 17.0 Å². The molecule has 0 radical (unpaired) electrons. The number of aromatic nitrogens is 3. The van der Waals surface area contributed by atoms with Gasteiger partial charge in [0.15, 0.2) is 0 Å². The summed E-state index contributed by atoms with van der Waals surface area (Å²) >= 11 is 0. The minimum Gasteiger partial charge on any atom is -0.481 e. The van der Waals surface area contributed by atoms with Gasteiger partial charge in [0.1, 0.15) is 5.69 Å². The van der Waals surface area contributed by atoms with Crippen molar-refractivity contribution in [3.05, 3.63) is 41.9 Å². The van der Waals surface area contributed by atoms with Crippen LogP contribution in [0.1, 0.15) is 30.5 Å². The van der Waals surface area contributed by atoms with Crippen LogP contribution in [0.25, 0.3) is 0 Å². The lowest BCUT2D eigenvalue weighted by atomic mass is 10.2. The van der Waals surface area contributed by atoms with E-state index < -0.39 is 11.9 Å². The van der Waals surface area contributed by atoms with Crippen LogP contribution in [0, 0.1) is 0 Å². The van der Waals surface area contributed by atoms with Crippen LogP contribution in [0.4, 0.5) is 19.1 Å². The van der Waals surface area contributed by atoms with Gasteiger partial charge in [-0.3, -0.25) is 4.90 Å². The van der Waals surface area contributed by atoms with E-state index in [0.29, 0.717) is 5.88 Å². The largest absolute Gasteiger partial charge is 0.481 e. The Labute approximate surface area is 161 Å². The molecule has 28 heavy (non-hydrogen) atoms. The summed E-state index contributed by atoms with van der Waals surface area (Å²) in [6, 6.07) is 5.12. The van der Waals surface area contributed by atoms with Gasteiger partial charge in [-0.15, -0.1) is 0 Å². The number of ether oxygens (including phenoxy) is 1. The maximum Gasteiger partial charge on any atom is 0.433 e. The number of hydrogen-bond acceptors (Lipinski definition) is 6. The van der Waals surface area contributed by atoms with Crippen LogP contribution in [0.15, 0.2) is 30.6 Å². The van der Waals surface area contributed by atoms with Crippen LogP contribution in [-0.4, -0.2) is 52.1 Å². The summed E-state index contributed by atoms with van der Waals surface area (Å²) in [5.74, 6) is 0.764. The highest BCUT2D eigenvalue weighted by Gasteiger charge is 2.40. The summed E-state index contributed by atoms with van der Waals surface area (Å²) in [5.41, 5.74) is 0.211. The van der Waals surface area contributed by atoms with Crippen LogP contribution in [-0.2, 0) is 12.7 Å². The number of methoxy groups -OCH3 is 1. The number of anilines is 1. The lowest BCUT2D eigenvalue weighted by Gasteiger charge is -2.29. The number of nitrogens with zero attached hydrogens (tertiary/aromatic N) is 5. The molecule has 6 nitrogen and oxygen atoms in total. The van der Waals surface area contributed by atoms with Crippen molar-refractivity contribution in [3.63, 3.8) is 0 Å². The summed E-state index contributed by atoms with van der Waals surface area (Å²) in [6.45, 7) is 2.38. The molecule has 1 aliphatic heterocycles. The van der Waals surface area contributed by atoms with Gasteiger partial charge in [0.25, 0.3) is 0 Å². The van der Waals surface area contributed by atoms with Crippen LogP contribution in [0.3, 0.4) is 0 Å². The Morgan fingerprint density at radius 3 is 2.64 bits per heavy atom. The van der Waals surface area contributed by atoms with Crippen molar-refractivity contribution in [3.8, 4) is 5.88 Å². The first-order valence-electron chi connectivity index (χ1n) is 9.34. The number of pyridine rings is 1. The van der Waals surface area contributed by atoms with Gasteiger partial charge in [-0.1, -0.05) is 0 Å². The molecule has 2 aliphatic rings. The molecule has 0 spiro atoms. The van der Waals surface area contributed by atoms with Gasteiger partial charge >= 0.3 is 6.18 Å². The first-order chi connectivity index (χ1) is 13.4. The first kappa shape index (κ1) is 18.9. The molecule has 0 aromatic carbocycles. The number of halogens is 3. The molecule has 4 rings (SSSR count). The molecule has 2 aromatic rings. The van der Waals surface area contributed by atoms with Gasteiger partial charge in [0.2, 0.25) is 11.8 Å². The van der Waals surface area contributed by atoms with Crippen molar-refractivity contribution in [1.29, 1.82) is 0 Å². The molecule has 2 aromatic heterocycles. The monoisotopic (exact) mass is 393 g/mol. The Morgan fingerprint density at radius 1 is 1.14 bits per heavy atom. The topological polar surface area (TPSA) is 54.4 Å². The lowest BCUT2D eigenvalue weighted by molar-refractivity contribution is -0.141. The van der Waals surface area contributed by atoms with Crippen LogP contribution >= 0.6 is 0 Å². The quantitative estimate of drug-likeness (QED) is 0.752. The molecule has 150 valence electrons. The Morgan fingerprint density at radius 2 is 1.93 bits per heavy atom. The summed E-state index contributed by atoms with van der Waals surface area (Å²) in [6.07, 6.45) is 1.27. The molecule has 1 saturated heterocycles. The second-order valence-electron chi connectivity index (χ2n) is 7.26. The molecule has 3 heterocycles. The number of likely N-dealkylation sites (tertiary alicyclic amines) is 1. The molecular weight excluding hydrogens is 371 g/mol. The molecule has 0 bridgehead atoms. The minimum atomic E-state index is -4.46. The fourth-order valence-corrected chi connectivity index (χ4v) is 3.71. The molecule has 1 aliphatic carbocycles. The van der Waals surface area contributed by atoms with E-state index >= 15 is 0 Å². The zero-order valence-electron chi connectivity index (χ0n) is 15.6. The Kier molecular flexibility index (Phi) is 5.09. The van der Waals surface area contributed by atoms with Crippen molar-refractivity contribution in [2.45, 2.75) is 44.1 Å². The normalized spacial score (nSPS) is 20.4. The fraction of sp³-hybridized carbons (Fsp3) is 0.526. The van der Waals surface area contributed by atoms with E-state index in [4.69, 9.17) is 4.74 Å². The average molecular weight is 393 g/mol. The predicted molar refractivity (Wildman–Crippen MR) is 97.0 cm³/mol. The van der Waals surface area contributed by atoms with Crippen molar-refractivity contribution in [1.82, 2.24) is 19.9 Å². The van der Waals surface area contributed by atoms with Crippen molar-refractivity contribution in [2.24, 2.45) is 0 Å². The third kappa shape index (κ3) is 4.19. The lowest BCUT2D eigenvalue weighted by Crippen LogP contribution is -2.40. The van der Waals surface area contributed by atoms with Gasteiger partial charge < -0.3 is 9.64 Å². The van der Waals surface area contributed by atoms with Crippen LogP contribution < -0.4 is 9.64 Å². The Balaban J connectivity index is 1.48. The van der Waals surface area contributed by atoms with E-state index in [0.717, 1.165) is 50.5 Å². The van der Waals surface area contributed by atoms with Crippen LogP contribution in [0.5, 0.6) is 5.88 Å². The van der Waals surface area contributed by atoms with Gasteiger partial charge in [-0.05, 0) is 37.0 Å². The number of alkyl halides is 3. The standard InChI is InChI=1S/C19H22F3N5O/c1-28-17-10-13(4-7-23-17)11-26-9-6-15(12-26)27(14-2-3-14)18-24-8-5-16(25-18)19(20,21)22/h4-5,7-8,10,14-15H,2-3,6,9,11-12H2,1H3. The van der Waals surface area contributed by atoms with E-state index in [1.54, 1.807) is 13.3 Å². The first-order valence-corrected chi connectivity index (χ1v) is 9.34. The van der Waals surface area contributed by atoms with Gasteiger partial charge in [-0.2, -0.15) is 13.2 Å². The van der Waals surface area contributed by atoms with Gasteiger partial charge in [-0.25, -0.2) is 15.0 Å². The fourth-order valence-electron chi connectivity index (χ4n) is 3.71.